The first-order valence-electron chi connectivity index (χ1n) is 5.13. The van der Waals surface area contributed by atoms with Gasteiger partial charge in [0.25, 0.3) is 0 Å². The summed E-state index contributed by atoms with van der Waals surface area (Å²) in [5, 5.41) is 11.2. The van der Waals surface area contributed by atoms with Crippen LogP contribution in [-0.2, 0) is 12.7 Å². The van der Waals surface area contributed by atoms with Crippen LogP contribution in [0.5, 0.6) is 0 Å². The molecule has 0 radical (unpaired) electrons. The molecule has 1 rings (SSSR count). The van der Waals surface area contributed by atoms with Gasteiger partial charge in [0.1, 0.15) is 0 Å². The SMILES string of the molecule is OCCCNCc1cccc(C(F)(F)F)c1Cl. The molecule has 0 aliphatic heterocycles. The first kappa shape index (κ1) is 14.3. The van der Waals surface area contributed by atoms with Gasteiger partial charge < -0.3 is 10.4 Å². The number of benzene rings is 1. The number of nitrogens with one attached hydrogen (secondary N) is 1. The van der Waals surface area contributed by atoms with Gasteiger partial charge in [-0.25, -0.2) is 0 Å². The highest BCUT2D eigenvalue weighted by atomic mass is 35.5. The maximum atomic E-state index is 12.5. The largest absolute Gasteiger partial charge is 0.417 e. The van der Waals surface area contributed by atoms with Crippen LogP contribution in [0.15, 0.2) is 18.2 Å². The molecule has 0 aromatic heterocycles. The minimum atomic E-state index is -4.43. The van der Waals surface area contributed by atoms with Gasteiger partial charge in [-0.15, -0.1) is 0 Å². The molecule has 0 saturated carbocycles. The zero-order valence-electron chi connectivity index (χ0n) is 9.02. The molecule has 0 fully saturated rings. The summed E-state index contributed by atoms with van der Waals surface area (Å²) in [7, 11) is 0. The standard InChI is InChI=1S/C11H13ClF3NO/c12-10-8(7-16-5-2-6-17)3-1-4-9(10)11(13,14)15/h1,3-4,16-17H,2,5-7H2. The van der Waals surface area contributed by atoms with Crippen molar-refractivity contribution in [3.05, 3.63) is 34.3 Å². The second kappa shape index (κ2) is 6.23. The lowest BCUT2D eigenvalue weighted by atomic mass is 10.1. The molecule has 0 amide bonds. The Labute approximate surface area is 102 Å². The summed E-state index contributed by atoms with van der Waals surface area (Å²) in [6.07, 6.45) is -3.88. The molecule has 1 aromatic rings. The molecule has 0 saturated heterocycles. The third kappa shape index (κ3) is 4.18. The average Bonchev–Trinajstić information content (AvgIpc) is 2.25. The monoisotopic (exact) mass is 267 g/mol. The van der Waals surface area contributed by atoms with Crippen molar-refractivity contribution >= 4 is 11.6 Å². The number of aliphatic hydroxyl groups is 1. The Morgan fingerprint density at radius 2 is 2.00 bits per heavy atom. The first-order chi connectivity index (χ1) is 7.96. The van der Waals surface area contributed by atoms with E-state index in [1.165, 1.54) is 6.07 Å². The van der Waals surface area contributed by atoms with E-state index in [2.05, 4.69) is 5.32 Å². The van der Waals surface area contributed by atoms with Crippen LogP contribution in [0.2, 0.25) is 5.02 Å². The van der Waals surface area contributed by atoms with Crippen LogP contribution in [0.3, 0.4) is 0 Å². The van der Waals surface area contributed by atoms with Crippen LogP contribution in [0.25, 0.3) is 0 Å². The zero-order valence-corrected chi connectivity index (χ0v) is 9.78. The lowest BCUT2D eigenvalue weighted by molar-refractivity contribution is -0.137. The molecule has 2 nitrogen and oxygen atoms in total. The highest BCUT2D eigenvalue weighted by Crippen LogP contribution is 2.36. The lowest BCUT2D eigenvalue weighted by Crippen LogP contribution is -2.17. The molecule has 0 bridgehead atoms. The van der Waals surface area contributed by atoms with E-state index in [9.17, 15) is 13.2 Å². The van der Waals surface area contributed by atoms with E-state index >= 15 is 0 Å². The van der Waals surface area contributed by atoms with E-state index in [1.54, 1.807) is 6.07 Å². The molecule has 6 heteroatoms. The number of hydrogen-bond acceptors (Lipinski definition) is 2. The third-order valence-corrected chi connectivity index (χ3v) is 2.66. The summed E-state index contributed by atoms with van der Waals surface area (Å²) >= 11 is 5.70. The molecule has 0 aliphatic rings. The molecule has 2 N–H and O–H groups in total. The van der Waals surface area contributed by atoms with E-state index in [-0.39, 0.29) is 18.2 Å². The van der Waals surface area contributed by atoms with Gasteiger partial charge in [0.15, 0.2) is 0 Å². The molecule has 1 aromatic carbocycles. The minimum absolute atomic E-state index is 0.0450. The van der Waals surface area contributed by atoms with Gasteiger partial charge in [0.05, 0.1) is 10.6 Å². The fraction of sp³-hybridized carbons (Fsp3) is 0.455. The van der Waals surface area contributed by atoms with Crippen molar-refractivity contribution in [2.24, 2.45) is 0 Å². The van der Waals surface area contributed by atoms with Crippen molar-refractivity contribution in [3.8, 4) is 0 Å². The zero-order chi connectivity index (χ0) is 12.9. The van der Waals surface area contributed by atoms with Crippen molar-refractivity contribution in [2.45, 2.75) is 19.1 Å². The maximum Gasteiger partial charge on any atom is 0.417 e. The summed E-state index contributed by atoms with van der Waals surface area (Å²) in [5.74, 6) is 0. The van der Waals surface area contributed by atoms with E-state index < -0.39 is 11.7 Å². The molecule has 17 heavy (non-hydrogen) atoms. The van der Waals surface area contributed by atoms with Crippen LogP contribution in [0, 0.1) is 0 Å². The van der Waals surface area contributed by atoms with E-state index in [0.717, 1.165) is 6.07 Å². The number of hydrogen-bond donors (Lipinski definition) is 2. The van der Waals surface area contributed by atoms with Crippen LogP contribution in [0.4, 0.5) is 13.2 Å². The first-order valence-corrected chi connectivity index (χ1v) is 5.50. The molecule has 96 valence electrons. The summed E-state index contributed by atoms with van der Waals surface area (Å²) in [5.41, 5.74) is -0.417. The Bertz CT molecular complexity index is 368. The Morgan fingerprint density at radius 1 is 1.29 bits per heavy atom. The van der Waals surface area contributed by atoms with Gasteiger partial charge in [-0.05, 0) is 24.6 Å². The van der Waals surface area contributed by atoms with Crippen molar-refractivity contribution < 1.29 is 18.3 Å². The van der Waals surface area contributed by atoms with Crippen molar-refractivity contribution in [3.63, 3.8) is 0 Å². The van der Waals surface area contributed by atoms with Crippen LogP contribution in [0.1, 0.15) is 17.5 Å². The van der Waals surface area contributed by atoms with Gasteiger partial charge in [0, 0.05) is 13.2 Å². The van der Waals surface area contributed by atoms with Crippen LogP contribution in [-0.4, -0.2) is 18.3 Å². The summed E-state index contributed by atoms with van der Waals surface area (Å²) in [6.45, 7) is 0.829. The molecule has 0 spiro atoms. The Hall–Kier alpha value is -0.780. The molecular formula is C11H13ClF3NO. The number of alkyl halides is 3. The summed E-state index contributed by atoms with van der Waals surface area (Å²) in [4.78, 5) is 0. The third-order valence-electron chi connectivity index (χ3n) is 2.21. The van der Waals surface area contributed by atoms with Crippen LogP contribution < -0.4 is 5.32 Å². The predicted octanol–water partition coefficient (Wildman–Crippen LogP) is 2.83. The molecular weight excluding hydrogens is 255 g/mol. The maximum absolute atomic E-state index is 12.5. The highest BCUT2D eigenvalue weighted by molar-refractivity contribution is 6.32. The molecule has 0 aliphatic carbocycles. The summed E-state index contributed by atoms with van der Waals surface area (Å²) < 4.78 is 37.6. The number of halogens is 4. The second-order valence-electron chi connectivity index (χ2n) is 3.53. The second-order valence-corrected chi connectivity index (χ2v) is 3.91. The predicted molar refractivity (Wildman–Crippen MR) is 59.9 cm³/mol. The van der Waals surface area contributed by atoms with Gasteiger partial charge in [0.2, 0.25) is 0 Å². The van der Waals surface area contributed by atoms with E-state index in [4.69, 9.17) is 16.7 Å². The van der Waals surface area contributed by atoms with Gasteiger partial charge >= 0.3 is 6.18 Å². The minimum Gasteiger partial charge on any atom is -0.396 e. The number of aliphatic hydroxyl groups excluding tert-OH is 1. The highest BCUT2D eigenvalue weighted by Gasteiger charge is 2.33. The van der Waals surface area contributed by atoms with Gasteiger partial charge in [-0.1, -0.05) is 23.7 Å². The van der Waals surface area contributed by atoms with Gasteiger partial charge in [-0.3, -0.25) is 0 Å². The van der Waals surface area contributed by atoms with Crippen LogP contribution >= 0.6 is 11.6 Å². The smallest absolute Gasteiger partial charge is 0.396 e. The summed E-state index contributed by atoms with van der Waals surface area (Å²) in [6, 6.07) is 3.83. The Kier molecular flexibility index (Phi) is 5.24. The average molecular weight is 268 g/mol. The molecule has 0 atom stereocenters. The van der Waals surface area contributed by atoms with Crippen molar-refractivity contribution in [1.82, 2.24) is 5.32 Å². The van der Waals surface area contributed by atoms with Gasteiger partial charge in [-0.2, -0.15) is 13.2 Å². The Balaban J connectivity index is 2.74. The molecule has 0 heterocycles. The van der Waals surface area contributed by atoms with E-state index in [0.29, 0.717) is 18.5 Å². The van der Waals surface area contributed by atoms with E-state index in [1.807, 2.05) is 0 Å². The lowest BCUT2D eigenvalue weighted by Gasteiger charge is -2.12. The number of rotatable bonds is 5. The normalized spacial score (nSPS) is 11.8. The van der Waals surface area contributed by atoms with Crippen molar-refractivity contribution in [2.75, 3.05) is 13.2 Å². The van der Waals surface area contributed by atoms with Crippen molar-refractivity contribution in [1.29, 1.82) is 0 Å². The Morgan fingerprint density at radius 3 is 2.59 bits per heavy atom. The fourth-order valence-corrected chi connectivity index (χ4v) is 1.66. The quantitative estimate of drug-likeness (QED) is 0.804. The fourth-order valence-electron chi connectivity index (χ4n) is 1.36. The topological polar surface area (TPSA) is 32.3 Å². The molecule has 0 unspecified atom stereocenters.